The summed E-state index contributed by atoms with van der Waals surface area (Å²) >= 11 is 0. The van der Waals surface area contributed by atoms with Gasteiger partial charge in [-0.25, -0.2) is 0 Å². The molecule has 2 aromatic rings. The van der Waals surface area contributed by atoms with Crippen LogP contribution in [-0.4, -0.2) is 61.6 Å². The smallest absolute Gasteiger partial charge is 0.119 e. The van der Waals surface area contributed by atoms with Crippen molar-refractivity contribution in [3.05, 3.63) is 48.3 Å². The molecule has 0 amide bonds. The first-order chi connectivity index (χ1) is 13.8. The molecule has 0 aliphatic heterocycles. The van der Waals surface area contributed by atoms with Crippen molar-refractivity contribution in [3.8, 4) is 5.75 Å². The van der Waals surface area contributed by atoms with E-state index in [9.17, 15) is 0 Å². The molecule has 1 aliphatic rings. The summed E-state index contributed by atoms with van der Waals surface area (Å²) in [5, 5.41) is 9.80. The summed E-state index contributed by atoms with van der Waals surface area (Å²) in [6, 6.07) is 9.90. The SMILES string of the molecule is CNCCN(C)Cc1cn[nH]c1.c1ccc(OCCOC2CCCCC2)cc1. The minimum absolute atomic E-state index is 0.480. The van der Waals surface area contributed by atoms with Crippen LogP contribution in [0.25, 0.3) is 0 Å². The van der Waals surface area contributed by atoms with Crippen LogP contribution in [0, 0.1) is 0 Å². The van der Waals surface area contributed by atoms with Crippen molar-refractivity contribution >= 4 is 0 Å². The van der Waals surface area contributed by atoms with Gasteiger partial charge in [0.1, 0.15) is 12.4 Å². The van der Waals surface area contributed by atoms with Crippen molar-refractivity contribution < 1.29 is 9.47 Å². The first-order valence-electron chi connectivity index (χ1n) is 10.4. The Morgan fingerprint density at radius 3 is 2.61 bits per heavy atom. The second kappa shape index (κ2) is 14.2. The van der Waals surface area contributed by atoms with Gasteiger partial charge in [0, 0.05) is 31.4 Å². The summed E-state index contributed by atoms with van der Waals surface area (Å²) in [5.74, 6) is 0.926. The fraction of sp³-hybridized carbons (Fsp3) is 0.591. The molecule has 0 atom stereocenters. The quantitative estimate of drug-likeness (QED) is 0.610. The van der Waals surface area contributed by atoms with Crippen LogP contribution in [0.2, 0.25) is 0 Å². The summed E-state index contributed by atoms with van der Waals surface area (Å²) in [6.07, 6.45) is 10.7. The van der Waals surface area contributed by atoms with Crippen molar-refractivity contribution in [1.82, 2.24) is 20.4 Å². The molecule has 0 spiro atoms. The molecule has 1 aromatic carbocycles. The van der Waals surface area contributed by atoms with Gasteiger partial charge in [0.2, 0.25) is 0 Å². The number of ether oxygens (including phenoxy) is 2. The number of nitrogens with one attached hydrogen (secondary N) is 2. The number of nitrogens with zero attached hydrogens (tertiary/aromatic N) is 2. The van der Waals surface area contributed by atoms with Crippen LogP contribution >= 0.6 is 0 Å². The molecular weight excluding hydrogens is 352 g/mol. The highest BCUT2D eigenvalue weighted by Gasteiger charge is 2.13. The summed E-state index contributed by atoms with van der Waals surface area (Å²) in [7, 11) is 4.07. The second-order valence-corrected chi connectivity index (χ2v) is 7.24. The van der Waals surface area contributed by atoms with Crippen LogP contribution in [0.5, 0.6) is 5.75 Å². The molecule has 156 valence electrons. The lowest BCUT2D eigenvalue weighted by atomic mass is 9.98. The molecule has 1 aromatic heterocycles. The highest BCUT2D eigenvalue weighted by atomic mass is 16.5. The van der Waals surface area contributed by atoms with Crippen LogP contribution < -0.4 is 10.1 Å². The van der Waals surface area contributed by atoms with Gasteiger partial charge in [-0.2, -0.15) is 5.10 Å². The lowest BCUT2D eigenvalue weighted by Crippen LogP contribution is -2.26. The number of hydrogen-bond acceptors (Lipinski definition) is 5. The van der Waals surface area contributed by atoms with Crippen molar-refractivity contribution in [3.63, 3.8) is 0 Å². The number of rotatable bonds is 10. The molecule has 2 N–H and O–H groups in total. The Hall–Kier alpha value is -1.89. The van der Waals surface area contributed by atoms with Crippen molar-refractivity contribution in [2.75, 3.05) is 40.4 Å². The van der Waals surface area contributed by atoms with Crippen LogP contribution in [0.3, 0.4) is 0 Å². The zero-order valence-electron chi connectivity index (χ0n) is 17.4. The van der Waals surface area contributed by atoms with Crippen LogP contribution in [0.1, 0.15) is 37.7 Å². The van der Waals surface area contributed by atoms with Gasteiger partial charge in [-0.15, -0.1) is 0 Å². The molecule has 6 nitrogen and oxygen atoms in total. The fourth-order valence-electron chi connectivity index (χ4n) is 3.18. The number of hydrogen-bond donors (Lipinski definition) is 2. The van der Waals surface area contributed by atoms with E-state index in [0.717, 1.165) is 25.4 Å². The van der Waals surface area contributed by atoms with Crippen molar-refractivity contribution in [1.29, 1.82) is 0 Å². The fourth-order valence-corrected chi connectivity index (χ4v) is 3.18. The highest BCUT2D eigenvalue weighted by Crippen LogP contribution is 2.20. The first kappa shape index (κ1) is 22.4. The molecule has 0 saturated heterocycles. The van der Waals surface area contributed by atoms with Gasteiger partial charge in [0.15, 0.2) is 0 Å². The Labute approximate surface area is 169 Å². The van der Waals surface area contributed by atoms with E-state index in [1.165, 1.54) is 37.7 Å². The molecule has 28 heavy (non-hydrogen) atoms. The van der Waals surface area contributed by atoms with E-state index in [1.54, 1.807) is 0 Å². The predicted molar refractivity (Wildman–Crippen MR) is 114 cm³/mol. The van der Waals surface area contributed by atoms with E-state index in [4.69, 9.17) is 9.47 Å². The van der Waals surface area contributed by atoms with E-state index < -0.39 is 0 Å². The van der Waals surface area contributed by atoms with Gasteiger partial charge in [0.25, 0.3) is 0 Å². The largest absolute Gasteiger partial charge is 0.491 e. The standard InChI is InChI=1S/C14H20O2.C8H16N4/c1-3-7-13(8-4-1)15-11-12-16-14-9-5-2-6-10-14;1-9-3-4-12(2)7-8-5-10-11-6-8/h1,3-4,7-8,14H,2,5-6,9-12H2;5-6,9H,3-4,7H2,1-2H3,(H,10,11). The highest BCUT2D eigenvalue weighted by molar-refractivity contribution is 5.20. The average molecular weight is 389 g/mol. The van der Waals surface area contributed by atoms with Gasteiger partial charge >= 0.3 is 0 Å². The third-order valence-electron chi connectivity index (χ3n) is 4.75. The van der Waals surface area contributed by atoms with Gasteiger partial charge < -0.3 is 19.7 Å². The average Bonchev–Trinajstić information content (AvgIpc) is 3.25. The molecule has 0 bridgehead atoms. The normalized spacial score (nSPS) is 14.5. The maximum absolute atomic E-state index is 5.78. The lowest BCUT2D eigenvalue weighted by Gasteiger charge is -2.21. The summed E-state index contributed by atoms with van der Waals surface area (Å²) in [6.45, 7) is 4.40. The van der Waals surface area contributed by atoms with Gasteiger partial charge in [0.05, 0.1) is 18.9 Å². The number of H-pyrrole nitrogens is 1. The molecule has 1 saturated carbocycles. The topological polar surface area (TPSA) is 62.4 Å². The van der Waals surface area contributed by atoms with Crippen molar-refractivity contribution in [2.24, 2.45) is 0 Å². The van der Waals surface area contributed by atoms with E-state index >= 15 is 0 Å². The minimum Gasteiger partial charge on any atom is -0.491 e. The number of aromatic nitrogens is 2. The minimum atomic E-state index is 0.480. The van der Waals surface area contributed by atoms with Crippen molar-refractivity contribution in [2.45, 2.75) is 44.8 Å². The van der Waals surface area contributed by atoms with Crippen LogP contribution in [0.4, 0.5) is 0 Å². The predicted octanol–water partition coefficient (Wildman–Crippen LogP) is 3.48. The zero-order chi connectivity index (χ0) is 19.9. The van der Waals surface area contributed by atoms with Gasteiger partial charge in [-0.3, -0.25) is 5.10 Å². The third-order valence-corrected chi connectivity index (χ3v) is 4.75. The number of para-hydroxylation sites is 1. The van der Waals surface area contributed by atoms with E-state index in [0.29, 0.717) is 19.3 Å². The molecule has 0 unspecified atom stereocenters. The third kappa shape index (κ3) is 9.88. The van der Waals surface area contributed by atoms with E-state index in [1.807, 2.05) is 49.8 Å². The van der Waals surface area contributed by atoms with E-state index in [-0.39, 0.29) is 0 Å². The molecule has 3 rings (SSSR count). The molecule has 6 heteroatoms. The Bertz CT molecular complexity index is 586. The number of benzene rings is 1. The first-order valence-corrected chi connectivity index (χ1v) is 10.4. The number of likely N-dealkylation sites (N-methyl/N-ethyl adjacent to an activating group) is 2. The summed E-state index contributed by atoms with van der Waals surface area (Å²) in [5.41, 5.74) is 1.23. The zero-order valence-corrected chi connectivity index (χ0v) is 17.4. The summed E-state index contributed by atoms with van der Waals surface area (Å²) < 4.78 is 11.4. The molecule has 1 aliphatic carbocycles. The van der Waals surface area contributed by atoms with Crippen LogP contribution in [-0.2, 0) is 11.3 Å². The molecule has 1 fully saturated rings. The Morgan fingerprint density at radius 2 is 1.93 bits per heavy atom. The molecular formula is C22H36N4O2. The number of aromatic amines is 1. The summed E-state index contributed by atoms with van der Waals surface area (Å²) in [4.78, 5) is 2.25. The lowest BCUT2D eigenvalue weighted by molar-refractivity contribution is 0.0129. The van der Waals surface area contributed by atoms with Gasteiger partial charge in [-0.1, -0.05) is 37.5 Å². The molecule has 1 heterocycles. The Kier molecular flexibility index (Phi) is 11.3. The Morgan fingerprint density at radius 1 is 1.14 bits per heavy atom. The van der Waals surface area contributed by atoms with E-state index in [2.05, 4.69) is 27.5 Å². The second-order valence-electron chi connectivity index (χ2n) is 7.24. The maximum atomic E-state index is 5.78. The maximum Gasteiger partial charge on any atom is 0.119 e. The monoisotopic (exact) mass is 388 g/mol. The van der Waals surface area contributed by atoms with Crippen LogP contribution in [0.15, 0.2) is 42.7 Å². The Balaban J connectivity index is 0.000000209. The van der Waals surface area contributed by atoms with Gasteiger partial charge in [-0.05, 0) is 39.1 Å². The molecule has 0 radical (unpaired) electrons.